The number of nitrogens with zero attached hydrogens (tertiary/aromatic N) is 2. The molecule has 1 saturated heterocycles. The van der Waals surface area contributed by atoms with Gasteiger partial charge in [0.15, 0.2) is 0 Å². The highest BCUT2D eigenvalue weighted by Crippen LogP contribution is 2.29. The van der Waals surface area contributed by atoms with Crippen LogP contribution < -0.4 is 5.32 Å². The van der Waals surface area contributed by atoms with E-state index in [2.05, 4.69) is 16.9 Å². The number of hydrogen-bond acceptors (Lipinski definition) is 5. The monoisotopic (exact) mass is 419 g/mol. The molecule has 1 aliphatic rings. The van der Waals surface area contributed by atoms with Gasteiger partial charge in [-0.25, -0.2) is 13.4 Å². The molecule has 1 amide bonds. The van der Waals surface area contributed by atoms with Crippen LogP contribution in [0.1, 0.15) is 18.9 Å². The molecule has 1 aliphatic heterocycles. The maximum Gasteiger partial charge on any atom is 0.243 e. The molecule has 1 aromatic heterocycles. The van der Waals surface area contributed by atoms with E-state index in [1.807, 2.05) is 26.2 Å². The number of nitrogens with one attached hydrogen (secondary N) is 1. The van der Waals surface area contributed by atoms with Gasteiger partial charge in [-0.15, -0.1) is 11.3 Å². The highest BCUT2D eigenvalue weighted by atomic mass is 32.2. The minimum Gasteiger partial charge on any atom is -0.349 e. The topological polar surface area (TPSA) is 79.4 Å². The fourth-order valence-corrected chi connectivity index (χ4v) is 5.91. The van der Waals surface area contributed by atoms with E-state index in [0.717, 1.165) is 16.3 Å². The molecular weight excluding hydrogens is 394 g/mol. The number of piperidine rings is 1. The SMILES string of the molecule is C=CC(=O)NC1C(C)CN(S(=O)(=O)c2ccc(-c3csc(C)n3)cc2)CC1C. The summed E-state index contributed by atoms with van der Waals surface area (Å²) in [6, 6.07) is 6.80. The van der Waals surface area contributed by atoms with Crippen molar-refractivity contribution in [1.82, 2.24) is 14.6 Å². The Kier molecular flexibility index (Phi) is 6.02. The van der Waals surface area contributed by atoms with Gasteiger partial charge in [-0.05, 0) is 37.0 Å². The predicted octanol–water partition coefficient (Wildman–Crippen LogP) is 3.07. The van der Waals surface area contributed by atoms with Gasteiger partial charge >= 0.3 is 0 Å². The second-order valence-corrected chi connectivity index (χ2v) is 10.3. The Morgan fingerprint density at radius 1 is 1.25 bits per heavy atom. The van der Waals surface area contributed by atoms with Gasteiger partial charge in [0.2, 0.25) is 15.9 Å². The number of rotatable bonds is 5. The summed E-state index contributed by atoms with van der Waals surface area (Å²) in [5.41, 5.74) is 1.75. The fraction of sp³-hybridized carbons (Fsp3) is 0.400. The second kappa shape index (κ2) is 8.14. The Bertz CT molecular complexity index is 955. The molecule has 0 radical (unpaired) electrons. The van der Waals surface area contributed by atoms with Crippen LogP contribution in [-0.2, 0) is 14.8 Å². The molecule has 3 rings (SSSR count). The molecule has 0 aliphatic carbocycles. The molecule has 0 spiro atoms. The number of sulfonamides is 1. The molecule has 2 atom stereocenters. The molecule has 0 saturated carbocycles. The number of aryl methyl sites for hydroxylation is 1. The smallest absolute Gasteiger partial charge is 0.243 e. The lowest BCUT2D eigenvalue weighted by atomic mass is 9.87. The van der Waals surface area contributed by atoms with E-state index >= 15 is 0 Å². The highest BCUT2D eigenvalue weighted by Gasteiger charge is 2.38. The number of carbonyl (C=O) groups excluding carboxylic acids is 1. The third kappa shape index (κ3) is 4.19. The van der Waals surface area contributed by atoms with E-state index in [1.54, 1.807) is 35.6 Å². The Morgan fingerprint density at radius 3 is 2.36 bits per heavy atom. The summed E-state index contributed by atoms with van der Waals surface area (Å²) in [5.74, 6) is -0.229. The first-order valence-electron chi connectivity index (χ1n) is 9.18. The molecule has 6 nitrogen and oxygen atoms in total. The third-order valence-electron chi connectivity index (χ3n) is 5.11. The van der Waals surface area contributed by atoms with Crippen molar-refractivity contribution in [3.63, 3.8) is 0 Å². The summed E-state index contributed by atoms with van der Waals surface area (Å²) in [6.45, 7) is 10.1. The van der Waals surface area contributed by atoms with E-state index in [4.69, 9.17) is 0 Å². The first-order chi connectivity index (χ1) is 13.2. The van der Waals surface area contributed by atoms with Crippen molar-refractivity contribution < 1.29 is 13.2 Å². The van der Waals surface area contributed by atoms with Crippen molar-refractivity contribution >= 4 is 27.3 Å². The zero-order chi connectivity index (χ0) is 20.5. The molecule has 1 aromatic carbocycles. The van der Waals surface area contributed by atoms with Crippen LogP contribution >= 0.6 is 11.3 Å². The number of aromatic nitrogens is 1. The summed E-state index contributed by atoms with van der Waals surface area (Å²) in [4.78, 5) is 16.4. The van der Waals surface area contributed by atoms with Crippen LogP contribution in [0.25, 0.3) is 11.3 Å². The standard InChI is InChI=1S/C20H25N3O3S2/c1-5-19(24)22-20-13(2)10-23(11-14(20)3)28(25,26)17-8-6-16(7-9-17)18-12-27-15(4)21-18/h5-9,12-14,20H,1,10-11H2,2-4H3,(H,22,24). The van der Waals surface area contributed by atoms with Gasteiger partial charge in [0.25, 0.3) is 0 Å². The Morgan fingerprint density at radius 2 is 1.86 bits per heavy atom. The molecule has 2 unspecified atom stereocenters. The number of carbonyl (C=O) groups is 1. The van der Waals surface area contributed by atoms with E-state index in [1.165, 1.54) is 10.4 Å². The van der Waals surface area contributed by atoms with Crippen molar-refractivity contribution in [3.05, 3.63) is 47.3 Å². The average Bonchev–Trinajstić information content (AvgIpc) is 3.10. The summed E-state index contributed by atoms with van der Waals surface area (Å²) in [7, 11) is -3.60. The normalized spacial score (nSPS) is 23.3. The van der Waals surface area contributed by atoms with E-state index in [0.29, 0.717) is 13.1 Å². The van der Waals surface area contributed by atoms with Crippen LogP contribution in [0.2, 0.25) is 0 Å². The molecule has 0 bridgehead atoms. The first kappa shape index (κ1) is 20.7. The summed E-state index contributed by atoms with van der Waals surface area (Å²) in [5, 5.41) is 5.86. The summed E-state index contributed by atoms with van der Waals surface area (Å²) >= 11 is 1.56. The predicted molar refractivity (Wildman–Crippen MR) is 112 cm³/mol. The minimum atomic E-state index is -3.60. The van der Waals surface area contributed by atoms with Crippen molar-refractivity contribution in [2.45, 2.75) is 31.7 Å². The van der Waals surface area contributed by atoms with Crippen LogP contribution in [0.4, 0.5) is 0 Å². The molecule has 28 heavy (non-hydrogen) atoms. The van der Waals surface area contributed by atoms with Crippen molar-refractivity contribution in [2.24, 2.45) is 11.8 Å². The van der Waals surface area contributed by atoms with Gasteiger partial charge in [-0.1, -0.05) is 32.6 Å². The number of hydrogen-bond donors (Lipinski definition) is 1. The van der Waals surface area contributed by atoms with Gasteiger partial charge in [-0.3, -0.25) is 4.79 Å². The van der Waals surface area contributed by atoms with Crippen LogP contribution in [0.5, 0.6) is 0 Å². The van der Waals surface area contributed by atoms with Crippen molar-refractivity contribution in [2.75, 3.05) is 13.1 Å². The average molecular weight is 420 g/mol. The van der Waals surface area contributed by atoms with Gasteiger partial charge in [0.1, 0.15) is 0 Å². The minimum absolute atomic E-state index is 0.000296. The highest BCUT2D eigenvalue weighted by molar-refractivity contribution is 7.89. The van der Waals surface area contributed by atoms with E-state index in [-0.39, 0.29) is 28.7 Å². The molecule has 1 fully saturated rings. The van der Waals surface area contributed by atoms with Crippen LogP contribution in [-0.4, -0.2) is 42.7 Å². The summed E-state index contributed by atoms with van der Waals surface area (Å²) < 4.78 is 27.8. The lowest BCUT2D eigenvalue weighted by Gasteiger charge is -2.40. The lowest BCUT2D eigenvalue weighted by molar-refractivity contribution is -0.118. The molecule has 2 heterocycles. The molecule has 1 N–H and O–H groups in total. The Balaban J connectivity index is 1.77. The zero-order valence-electron chi connectivity index (χ0n) is 16.3. The molecule has 8 heteroatoms. The van der Waals surface area contributed by atoms with Crippen molar-refractivity contribution in [3.8, 4) is 11.3 Å². The lowest BCUT2D eigenvalue weighted by Crippen LogP contribution is -2.55. The number of benzene rings is 1. The van der Waals surface area contributed by atoms with Gasteiger partial charge in [0.05, 0.1) is 15.6 Å². The largest absolute Gasteiger partial charge is 0.349 e. The van der Waals surface area contributed by atoms with E-state index < -0.39 is 10.0 Å². The Labute approximate surface area is 170 Å². The second-order valence-electron chi connectivity index (χ2n) is 7.29. The Hall–Kier alpha value is -2.03. The third-order valence-corrected chi connectivity index (χ3v) is 7.73. The summed E-state index contributed by atoms with van der Waals surface area (Å²) in [6.07, 6.45) is 1.24. The van der Waals surface area contributed by atoms with Gasteiger partial charge in [0, 0.05) is 30.1 Å². The van der Waals surface area contributed by atoms with Gasteiger partial charge in [-0.2, -0.15) is 4.31 Å². The molecule has 150 valence electrons. The number of thiazole rings is 1. The van der Waals surface area contributed by atoms with Crippen LogP contribution in [0.15, 0.2) is 47.2 Å². The van der Waals surface area contributed by atoms with E-state index in [9.17, 15) is 13.2 Å². The zero-order valence-corrected chi connectivity index (χ0v) is 17.9. The maximum absolute atomic E-state index is 13.1. The van der Waals surface area contributed by atoms with Crippen LogP contribution in [0, 0.1) is 18.8 Å². The fourth-order valence-electron chi connectivity index (χ4n) is 3.65. The quantitative estimate of drug-likeness (QED) is 0.756. The molecule has 2 aromatic rings. The first-order valence-corrected chi connectivity index (χ1v) is 11.5. The molecular formula is C20H25N3O3S2. The number of amides is 1. The van der Waals surface area contributed by atoms with Crippen LogP contribution in [0.3, 0.4) is 0 Å². The van der Waals surface area contributed by atoms with Gasteiger partial charge < -0.3 is 5.32 Å². The maximum atomic E-state index is 13.1. The van der Waals surface area contributed by atoms with Crippen molar-refractivity contribution in [1.29, 1.82) is 0 Å².